The zero-order valence-corrected chi connectivity index (χ0v) is 10.6. The molecular formula is C7H5BrCl3N3. The molecule has 0 amide bonds. The summed E-state index contributed by atoms with van der Waals surface area (Å²) in [6.45, 7) is 0.467. The van der Waals surface area contributed by atoms with Gasteiger partial charge < -0.3 is 5.32 Å². The van der Waals surface area contributed by atoms with E-state index in [4.69, 9.17) is 34.8 Å². The number of hydrogen-bond acceptors (Lipinski definition) is 3. The second-order valence-corrected chi connectivity index (χ2v) is 4.36. The van der Waals surface area contributed by atoms with Gasteiger partial charge in [0.05, 0.1) is 4.47 Å². The fraction of sp³-hybridized carbons (Fsp3) is 0.143. The van der Waals surface area contributed by atoms with Crippen molar-refractivity contribution in [3.05, 3.63) is 26.5 Å². The van der Waals surface area contributed by atoms with Gasteiger partial charge in [-0.15, -0.1) is 0 Å². The second-order valence-electron chi connectivity index (χ2n) is 2.20. The van der Waals surface area contributed by atoms with Crippen molar-refractivity contribution in [3.63, 3.8) is 0 Å². The van der Waals surface area contributed by atoms with Gasteiger partial charge in [0.25, 0.3) is 0 Å². The number of nitrogens with one attached hydrogen (secondary N) is 1. The first-order valence-corrected chi connectivity index (χ1v) is 5.45. The lowest BCUT2D eigenvalue weighted by atomic mass is 10.5. The molecule has 1 aromatic heterocycles. The van der Waals surface area contributed by atoms with E-state index in [0.29, 0.717) is 22.0 Å². The van der Waals surface area contributed by atoms with Crippen LogP contribution in [0.15, 0.2) is 21.4 Å². The van der Waals surface area contributed by atoms with Crippen LogP contribution in [0.25, 0.3) is 0 Å². The van der Waals surface area contributed by atoms with E-state index >= 15 is 0 Å². The van der Waals surface area contributed by atoms with Gasteiger partial charge in [0, 0.05) is 6.54 Å². The topological polar surface area (TPSA) is 37.8 Å². The third-order valence-corrected chi connectivity index (χ3v) is 2.85. The van der Waals surface area contributed by atoms with Gasteiger partial charge in [-0.05, 0) is 22.0 Å². The van der Waals surface area contributed by atoms with Gasteiger partial charge in [0.15, 0.2) is 0 Å². The normalized spacial score (nSPS) is 9.71. The molecule has 0 aliphatic rings. The van der Waals surface area contributed by atoms with Crippen molar-refractivity contribution in [1.82, 2.24) is 9.97 Å². The summed E-state index contributed by atoms with van der Waals surface area (Å²) in [4.78, 5) is 7.75. The van der Waals surface area contributed by atoms with Crippen LogP contribution in [0.3, 0.4) is 0 Å². The standard InChI is InChI=1S/C7H5BrCl3N3/c8-5-6(11)13-3-14-7(5)12-2-1-4(9)10/h1,3H,2H2,(H,12,13,14). The summed E-state index contributed by atoms with van der Waals surface area (Å²) in [5, 5.41) is 3.31. The van der Waals surface area contributed by atoms with Crippen LogP contribution >= 0.6 is 50.7 Å². The minimum Gasteiger partial charge on any atom is -0.365 e. The maximum absolute atomic E-state index is 5.75. The molecule has 0 aliphatic heterocycles. The molecule has 7 heteroatoms. The first-order valence-electron chi connectivity index (χ1n) is 3.52. The molecule has 0 aromatic carbocycles. The molecule has 0 saturated heterocycles. The van der Waals surface area contributed by atoms with Gasteiger partial charge in [-0.2, -0.15) is 0 Å². The lowest BCUT2D eigenvalue weighted by molar-refractivity contribution is 1.12. The summed E-state index contributed by atoms with van der Waals surface area (Å²) >= 11 is 19.9. The maximum atomic E-state index is 5.75. The monoisotopic (exact) mass is 315 g/mol. The van der Waals surface area contributed by atoms with Crippen LogP contribution in [0.1, 0.15) is 0 Å². The lowest BCUT2D eigenvalue weighted by Crippen LogP contribution is -2.02. The molecule has 1 aromatic rings. The van der Waals surface area contributed by atoms with E-state index in [1.165, 1.54) is 6.33 Å². The van der Waals surface area contributed by atoms with Crippen molar-refractivity contribution >= 4 is 56.6 Å². The average molecular weight is 317 g/mol. The Balaban J connectivity index is 2.68. The van der Waals surface area contributed by atoms with E-state index in [0.717, 1.165) is 0 Å². The average Bonchev–Trinajstić information content (AvgIpc) is 2.12. The van der Waals surface area contributed by atoms with E-state index in [9.17, 15) is 0 Å². The van der Waals surface area contributed by atoms with E-state index in [1.807, 2.05) is 0 Å². The van der Waals surface area contributed by atoms with Gasteiger partial charge in [-0.1, -0.05) is 34.8 Å². The largest absolute Gasteiger partial charge is 0.365 e. The molecule has 0 fully saturated rings. The van der Waals surface area contributed by atoms with Gasteiger partial charge in [-0.25, -0.2) is 9.97 Å². The number of rotatable bonds is 3. The molecule has 14 heavy (non-hydrogen) atoms. The first-order chi connectivity index (χ1) is 6.61. The van der Waals surface area contributed by atoms with Gasteiger partial charge in [-0.3, -0.25) is 0 Å². The summed E-state index contributed by atoms with van der Waals surface area (Å²) in [5.41, 5.74) is 0. The summed E-state index contributed by atoms with van der Waals surface area (Å²) in [6.07, 6.45) is 2.97. The van der Waals surface area contributed by atoms with Crippen molar-refractivity contribution in [2.45, 2.75) is 0 Å². The minimum atomic E-state index is 0.203. The molecule has 1 N–H and O–H groups in total. The van der Waals surface area contributed by atoms with Gasteiger partial charge in [0.2, 0.25) is 0 Å². The van der Waals surface area contributed by atoms with E-state index in [1.54, 1.807) is 6.08 Å². The Hall–Kier alpha value is -0.0300. The Bertz CT molecular complexity index is 352. The fourth-order valence-electron chi connectivity index (χ4n) is 0.696. The highest BCUT2D eigenvalue weighted by atomic mass is 79.9. The maximum Gasteiger partial charge on any atom is 0.148 e. The Kier molecular flexibility index (Phi) is 4.95. The number of hydrogen-bond donors (Lipinski definition) is 1. The summed E-state index contributed by atoms with van der Waals surface area (Å²) < 4.78 is 0.814. The molecule has 0 saturated carbocycles. The highest BCUT2D eigenvalue weighted by Crippen LogP contribution is 2.25. The Labute approximate surface area is 105 Å². The molecular weight excluding hydrogens is 312 g/mol. The van der Waals surface area contributed by atoms with Crippen LogP contribution in [0.4, 0.5) is 5.82 Å². The lowest BCUT2D eigenvalue weighted by Gasteiger charge is -2.04. The summed E-state index contributed by atoms with van der Waals surface area (Å²) in [5.74, 6) is 0.593. The molecule has 0 aliphatic carbocycles. The molecule has 0 atom stereocenters. The first kappa shape index (κ1) is 12.0. The molecule has 0 bridgehead atoms. The van der Waals surface area contributed by atoms with E-state index in [2.05, 4.69) is 31.2 Å². The predicted octanol–water partition coefficient (Wildman–Crippen LogP) is 3.62. The number of anilines is 1. The van der Waals surface area contributed by atoms with Crippen LogP contribution in [-0.2, 0) is 0 Å². The van der Waals surface area contributed by atoms with Crippen LogP contribution in [0, 0.1) is 0 Å². The number of halogens is 4. The summed E-state index contributed by atoms with van der Waals surface area (Å²) in [6, 6.07) is 0. The van der Waals surface area contributed by atoms with Gasteiger partial charge in [0.1, 0.15) is 21.8 Å². The van der Waals surface area contributed by atoms with Crippen LogP contribution in [0.5, 0.6) is 0 Å². The predicted molar refractivity (Wildman–Crippen MR) is 63.0 cm³/mol. The van der Waals surface area contributed by atoms with Crippen LogP contribution in [-0.4, -0.2) is 16.5 Å². The Morgan fingerprint density at radius 2 is 2.21 bits per heavy atom. The number of nitrogens with zero attached hydrogens (tertiary/aromatic N) is 2. The molecule has 1 heterocycles. The Morgan fingerprint density at radius 3 is 2.86 bits per heavy atom. The zero-order chi connectivity index (χ0) is 10.6. The highest BCUT2D eigenvalue weighted by Gasteiger charge is 2.04. The quantitative estimate of drug-likeness (QED) is 0.865. The van der Waals surface area contributed by atoms with E-state index in [-0.39, 0.29) is 4.49 Å². The molecule has 3 nitrogen and oxygen atoms in total. The third-order valence-electron chi connectivity index (χ3n) is 1.27. The molecule has 76 valence electrons. The van der Waals surface area contributed by atoms with Crippen LogP contribution < -0.4 is 5.32 Å². The highest BCUT2D eigenvalue weighted by molar-refractivity contribution is 9.10. The molecule has 0 unspecified atom stereocenters. The second kappa shape index (κ2) is 5.75. The molecule has 1 rings (SSSR count). The molecule has 0 radical (unpaired) electrons. The van der Waals surface area contributed by atoms with Crippen molar-refractivity contribution in [2.75, 3.05) is 11.9 Å². The van der Waals surface area contributed by atoms with Crippen molar-refractivity contribution in [1.29, 1.82) is 0 Å². The van der Waals surface area contributed by atoms with Crippen molar-refractivity contribution in [3.8, 4) is 0 Å². The fourth-order valence-corrected chi connectivity index (χ4v) is 1.33. The molecule has 0 spiro atoms. The minimum absolute atomic E-state index is 0.203. The third kappa shape index (κ3) is 3.61. The SMILES string of the molecule is ClC(Cl)=CCNc1ncnc(Cl)c1Br. The van der Waals surface area contributed by atoms with Crippen LogP contribution in [0.2, 0.25) is 5.15 Å². The number of aromatic nitrogens is 2. The Morgan fingerprint density at radius 1 is 1.50 bits per heavy atom. The smallest absolute Gasteiger partial charge is 0.148 e. The summed E-state index contributed by atoms with van der Waals surface area (Å²) in [7, 11) is 0. The van der Waals surface area contributed by atoms with Crippen molar-refractivity contribution in [2.24, 2.45) is 0 Å². The zero-order valence-electron chi connectivity index (χ0n) is 6.77. The van der Waals surface area contributed by atoms with Crippen molar-refractivity contribution < 1.29 is 0 Å². The van der Waals surface area contributed by atoms with Gasteiger partial charge >= 0.3 is 0 Å². The van der Waals surface area contributed by atoms with E-state index < -0.39 is 0 Å².